The van der Waals surface area contributed by atoms with Gasteiger partial charge in [0.05, 0.1) is 9.37 Å². The van der Waals surface area contributed by atoms with Crippen LogP contribution in [-0.4, -0.2) is 32.4 Å². The van der Waals surface area contributed by atoms with Crippen molar-refractivity contribution in [3.63, 3.8) is 0 Å². The first-order chi connectivity index (χ1) is 9.57. The van der Waals surface area contributed by atoms with E-state index >= 15 is 0 Å². The van der Waals surface area contributed by atoms with Crippen molar-refractivity contribution < 1.29 is 12.8 Å². The molecular formula is C14H23BrClFN2O2S. The molecule has 1 aromatic rings. The lowest BCUT2D eigenvalue weighted by molar-refractivity contribution is 0.397. The van der Waals surface area contributed by atoms with Crippen molar-refractivity contribution in [2.24, 2.45) is 11.7 Å². The zero-order chi connectivity index (χ0) is 16.4. The molecular weight excluding hydrogens is 395 g/mol. The monoisotopic (exact) mass is 416 g/mol. The minimum absolute atomic E-state index is 0. The number of hydrogen-bond acceptors (Lipinski definition) is 3. The Labute approximate surface area is 146 Å². The maximum absolute atomic E-state index is 13.4. The van der Waals surface area contributed by atoms with Crippen molar-refractivity contribution in [3.8, 4) is 0 Å². The minimum Gasteiger partial charge on any atom is -0.327 e. The fourth-order valence-corrected chi connectivity index (χ4v) is 3.77. The second kappa shape index (κ2) is 8.59. The predicted molar refractivity (Wildman–Crippen MR) is 93.3 cm³/mol. The molecule has 2 N–H and O–H groups in total. The van der Waals surface area contributed by atoms with Gasteiger partial charge in [-0.3, -0.25) is 0 Å². The Kier molecular flexibility index (Phi) is 8.51. The number of aryl methyl sites for hydroxylation is 1. The average molecular weight is 418 g/mol. The third kappa shape index (κ3) is 5.16. The van der Waals surface area contributed by atoms with Crippen LogP contribution in [-0.2, 0) is 10.0 Å². The molecule has 128 valence electrons. The Balaban J connectivity index is 0.00000441. The van der Waals surface area contributed by atoms with Gasteiger partial charge in [-0.25, -0.2) is 17.1 Å². The number of nitrogens with zero attached hydrogens (tertiary/aromatic N) is 1. The Bertz CT molecular complexity index is 611. The minimum atomic E-state index is -3.65. The zero-order valence-corrected chi connectivity index (χ0v) is 16.4. The predicted octanol–water partition coefficient (Wildman–Crippen LogP) is 3.31. The number of rotatable bonds is 6. The summed E-state index contributed by atoms with van der Waals surface area (Å²) in [7, 11) is -2.14. The second-order valence-electron chi connectivity index (χ2n) is 5.55. The summed E-state index contributed by atoms with van der Waals surface area (Å²) in [6, 6.07) is 2.47. The van der Waals surface area contributed by atoms with Crippen LogP contribution in [0, 0.1) is 18.7 Å². The van der Waals surface area contributed by atoms with E-state index in [1.54, 1.807) is 6.92 Å². The summed E-state index contributed by atoms with van der Waals surface area (Å²) in [5, 5.41) is 0. The van der Waals surface area contributed by atoms with Crippen LogP contribution >= 0.6 is 28.3 Å². The molecule has 0 aliphatic carbocycles. The van der Waals surface area contributed by atoms with Gasteiger partial charge < -0.3 is 5.73 Å². The van der Waals surface area contributed by atoms with E-state index < -0.39 is 15.8 Å². The average Bonchev–Trinajstić information content (AvgIpc) is 2.39. The first-order valence-electron chi connectivity index (χ1n) is 6.75. The Hall–Kier alpha value is -0.210. The molecule has 8 heteroatoms. The molecule has 0 aliphatic rings. The van der Waals surface area contributed by atoms with Gasteiger partial charge in [-0.05, 0) is 52.9 Å². The third-order valence-electron chi connectivity index (χ3n) is 3.54. The molecule has 0 aromatic heterocycles. The fourth-order valence-electron chi connectivity index (χ4n) is 1.86. The lowest BCUT2D eigenvalue weighted by atomic mass is 10.0. The first-order valence-corrected chi connectivity index (χ1v) is 8.98. The number of nitrogens with two attached hydrogens (primary N) is 1. The van der Waals surface area contributed by atoms with Gasteiger partial charge in [0.15, 0.2) is 0 Å². The van der Waals surface area contributed by atoms with E-state index in [0.29, 0.717) is 24.4 Å². The van der Waals surface area contributed by atoms with Crippen molar-refractivity contribution in [2.45, 2.75) is 38.1 Å². The summed E-state index contributed by atoms with van der Waals surface area (Å²) < 4.78 is 39.9. The van der Waals surface area contributed by atoms with Crippen LogP contribution in [0.25, 0.3) is 0 Å². The molecule has 4 nitrogen and oxygen atoms in total. The summed E-state index contributed by atoms with van der Waals surface area (Å²) >= 11 is 3.03. The molecule has 1 aromatic carbocycles. The topological polar surface area (TPSA) is 63.4 Å². The van der Waals surface area contributed by atoms with Gasteiger partial charge in [0.25, 0.3) is 0 Å². The van der Waals surface area contributed by atoms with Gasteiger partial charge in [-0.2, -0.15) is 0 Å². The summed E-state index contributed by atoms with van der Waals surface area (Å²) in [6.07, 6.45) is 0.578. The zero-order valence-electron chi connectivity index (χ0n) is 13.1. The summed E-state index contributed by atoms with van der Waals surface area (Å²) in [6.45, 7) is 5.91. The molecule has 0 spiro atoms. The highest BCUT2D eigenvalue weighted by Gasteiger charge is 2.24. The summed E-state index contributed by atoms with van der Waals surface area (Å²) in [5.74, 6) is -0.182. The molecule has 0 radical (unpaired) electrons. The maximum Gasteiger partial charge on any atom is 0.243 e. The van der Waals surface area contributed by atoms with Crippen LogP contribution in [0.5, 0.6) is 0 Å². The Morgan fingerprint density at radius 3 is 2.41 bits per heavy atom. The number of benzene rings is 1. The number of hydrogen-bond donors (Lipinski definition) is 1. The molecule has 1 rings (SSSR count). The molecule has 1 atom stereocenters. The highest BCUT2D eigenvalue weighted by Crippen LogP contribution is 2.26. The normalized spacial score (nSPS) is 13.3. The molecule has 1 unspecified atom stereocenters. The van der Waals surface area contributed by atoms with Crippen molar-refractivity contribution in [1.29, 1.82) is 0 Å². The van der Waals surface area contributed by atoms with Gasteiger partial charge >= 0.3 is 0 Å². The van der Waals surface area contributed by atoms with Crippen LogP contribution in [0.2, 0.25) is 0 Å². The highest BCUT2D eigenvalue weighted by molar-refractivity contribution is 9.10. The van der Waals surface area contributed by atoms with E-state index in [-0.39, 0.29) is 27.8 Å². The van der Waals surface area contributed by atoms with Crippen molar-refractivity contribution in [1.82, 2.24) is 4.31 Å². The molecule has 0 fully saturated rings. The van der Waals surface area contributed by atoms with Crippen molar-refractivity contribution in [2.75, 3.05) is 13.6 Å². The van der Waals surface area contributed by atoms with Crippen LogP contribution in [0.15, 0.2) is 21.5 Å². The van der Waals surface area contributed by atoms with Crippen LogP contribution < -0.4 is 5.73 Å². The molecule has 0 saturated carbocycles. The van der Waals surface area contributed by atoms with E-state index in [1.807, 2.05) is 13.8 Å². The van der Waals surface area contributed by atoms with E-state index in [4.69, 9.17) is 5.73 Å². The van der Waals surface area contributed by atoms with Crippen molar-refractivity contribution >= 4 is 38.4 Å². The lowest BCUT2D eigenvalue weighted by Crippen LogP contribution is -2.35. The van der Waals surface area contributed by atoms with Crippen LogP contribution in [0.1, 0.15) is 25.8 Å². The quantitative estimate of drug-likeness (QED) is 0.772. The third-order valence-corrected chi connectivity index (χ3v) is 6.15. The van der Waals surface area contributed by atoms with E-state index in [0.717, 1.165) is 0 Å². The molecule has 0 saturated heterocycles. The Morgan fingerprint density at radius 1 is 1.36 bits per heavy atom. The molecule has 0 bridgehead atoms. The van der Waals surface area contributed by atoms with Gasteiger partial charge in [0.1, 0.15) is 5.82 Å². The highest BCUT2D eigenvalue weighted by atomic mass is 79.9. The first kappa shape index (κ1) is 21.8. The second-order valence-corrected chi connectivity index (χ2v) is 8.42. The van der Waals surface area contributed by atoms with Crippen molar-refractivity contribution in [3.05, 3.63) is 28.0 Å². The van der Waals surface area contributed by atoms with Crippen LogP contribution in [0.3, 0.4) is 0 Å². The van der Waals surface area contributed by atoms with Gasteiger partial charge in [-0.15, -0.1) is 12.4 Å². The Morgan fingerprint density at radius 2 is 1.91 bits per heavy atom. The van der Waals surface area contributed by atoms with Gasteiger partial charge in [-0.1, -0.05) is 13.8 Å². The summed E-state index contributed by atoms with van der Waals surface area (Å²) in [4.78, 5) is 0.108. The van der Waals surface area contributed by atoms with Gasteiger partial charge in [0.2, 0.25) is 10.0 Å². The summed E-state index contributed by atoms with van der Waals surface area (Å²) in [5.41, 5.74) is 6.33. The van der Waals surface area contributed by atoms with E-state index in [1.165, 1.54) is 23.5 Å². The van der Waals surface area contributed by atoms with E-state index in [9.17, 15) is 12.8 Å². The number of sulfonamides is 1. The van der Waals surface area contributed by atoms with Gasteiger partial charge in [0, 0.05) is 19.6 Å². The fraction of sp³-hybridized carbons (Fsp3) is 0.571. The smallest absolute Gasteiger partial charge is 0.243 e. The molecule has 0 heterocycles. The SMILES string of the molecule is Cc1cc(F)c(Br)cc1S(=O)(=O)N(C)CCC(N)C(C)C.Cl. The molecule has 22 heavy (non-hydrogen) atoms. The maximum atomic E-state index is 13.4. The van der Waals surface area contributed by atoms with Crippen LogP contribution in [0.4, 0.5) is 4.39 Å². The molecule has 0 aliphatic heterocycles. The number of halogens is 3. The largest absolute Gasteiger partial charge is 0.327 e. The molecule has 0 amide bonds. The standard InChI is InChI=1S/C14H22BrFN2O2S.ClH/c1-9(2)13(17)5-6-18(4)21(19,20)14-8-11(15)12(16)7-10(14)3;/h7-9,13H,5-6,17H2,1-4H3;1H. The lowest BCUT2D eigenvalue weighted by Gasteiger charge is -2.22. The van der Waals surface area contributed by atoms with E-state index in [2.05, 4.69) is 15.9 Å².